The number of nitrogens with two attached hydrogens (primary N) is 1. The number of alkyl carbamates (subject to hydrolysis) is 2. The number of rotatable bonds is 12. The maximum absolute atomic E-state index is 12.2. The van der Waals surface area contributed by atoms with E-state index in [4.69, 9.17) is 15.2 Å². The van der Waals surface area contributed by atoms with E-state index in [9.17, 15) is 14.4 Å². The monoisotopic (exact) mass is 537 g/mol. The Bertz CT molecular complexity index is 1110. The average Bonchev–Trinajstić information content (AvgIpc) is 2.89. The number of unbranched alkanes of at least 4 members (excludes halogenated alkanes) is 1. The molecule has 3 rings (SSSR count). The minimum absolute atomic E-state index is 0.266. The zero-order valence-electron chi connectivity index (χ0n) is 23.5. The van der Waals surface area contributed by atoms with E-state index in [1.807, 2.05) is 30.3 Å². The van der Waals surface area contributed by atoms with Crippen molar-refractivity contribution in [2.24, 2.45) is 5.73 Å². The molecular formula is C31H43N3O5. The van der Waals surface area contributed by atoms with Crippen LogP contribution in [0.15, 0.2) is 42.5 Å². The van der Waals surface area contributed by atoms with E-state index < -0.39 is 29.7 Å². The Labute approximate surface area is 232 Å². The lowest BCUT2D eigenvalue weighted by Crippen LogP contribution is -2.46. The fourth-order valence-electron chi connectivity index (χ4n) is 4.93. The first-order valence-electron chi connectivity index (χ1n) is 14.0. The molecule has 0 unspecified atom stereocenters. The minimum atomic E-state index is -0.786. The summed E-state index contributed by atoms with van der Waals surface area (Å²) in [7, 11) is 0. The molecule has 0 spiro atoms. The van der Waals surface area contributed by atoms with Crippen LogP contribution >= 0.6 is 0 Å². The van der Waals surface area contributed by atoms with Gasteiger partial charge in [0, 0.05) is 6.54 Å². The average molecular weight is 538 g/mol. The van der Waals surface area contributed by atoms with Gasteiger partial charge in [-0.05, 0) is 106 Å². The summed E-state index contributed by atoms with van der Waals surface area (Å²) in [5.74, 6) is -0.566. The molecule has 0 heterocycles. The van der Waals surface area contributed by atoms with Crippen LogP contribution in [0, 0.1) is 0 Å². The van der Waals surface area contributed by atoms with Crippen LogP contribution in [0.25, 0.3) is 0 Å². The highest BCUT2D eigenvalue weighted by molar-refractivity contribution is 5.84. The normalized spacial score (nSPS) is 13.6. The number of primary amides is 1. The summed E-state index contributed by atoms with van der Waals surface area (Å²) in [6.07, 6.45) is 7.23. The first kappa shape index (κ1) is 30.0. The number of hydrogen-bond acceptors (Lipinski definition) is 5. The Morgan fingerprint density at radius 1 is 0.897 bits per heavy atom. The number of benzene rings is 2. The maximum Gasteiger partial charge on any atom is 0.408 e. The molecule has 0 fully saturated rings. The zero-order valence-corrected chi connectivity index (χ0v) is 23.5. The molecule has 0 saturated heterocycles. The predicted octanol–water partition coefficient (Wildman–Crippen LogP) is 5.13. The van der Waals surface area contributed by atoms with Gasteiger partial charge >= 0.3 is 12.2 Å². The Kier molecular flexibility index (Phi) is 11.2. The lowest BCUT2D eigenvalue weighted by Gasteiger charge is -2.25. The van der Waals surface area contributed by atoms with Crippen molar-refractivity contribution >= 4 is 18.1 Å². The standard InChI is InChI=1S/C31H43N3O5/c1-31(2,3)39-30(37)34-27(28(32)35)19-18-24-17-16-23(25-14-7-8-15-26(24)25)13-9-10-20-33-29(36)38-21-22-11-5-4-6-12-22/h4-6,11-12,16-17,27H,7-10,13-15,18-21H2,1-3H3,(H2,32,35)(H,33,36)(H,34,37)/t27-/m0/s1. The van der Waals surface area contributed by atoms with Crippen molar-refractivity contribution in [2.45, 2.75) is 96.8 Å². The van der Waals surface area contributed by atoms with E-state index >= 15 is 0 Å². The van der Waals surface area contributed by atoms with Crippen molar-refractivity contribution < 1.29 is 23.9 Å². The van der Waals surface area contributed by atoms with Crippen LogP contribution in [-0.2, 0) is 46.6 Å². The second-order valence-electron chi connectivity index (χ2n) is 11.1. The van der Waals surface area contributed by atoms with Gasteiger partial charge in [-0.1, -0.05) is 42.5 Å². The molecule has 1 aliphatic rings. The van der Waals surface area contributed by atoms with Gasteiger partial charge in [0.05, 0.1) is 0 Å². The summed E-state index contributed by atoms with van der Waals surface area (Å²) in [5.41, 5.74) is 11.3. The van der Waals surface area contributed by atoms with Gasteiger partial charge in [0.15, 0.2) is 0 Å². The summed E-state index contributed by atoms with van der Waals surface area (Å²) in [6.45, 7) is 6.17. The second-order valence-corrected chi connectivity index (χ2v) is 11.1. The van der Waals surface area contributed by atoms with Crippen LogP contribution in [0.4, 0.5) is 9.59 Å². The van der Waals surface area contributed by atoms with E-state index in [2.05, 4.69) is 22.8 Å². The smallest absolute Gasteiger partial charge is 0.408 e. The molecule has 8 heteroatoms. The number of carbonyl (C=O) groups is 3. The van der Waals surface area contributed by atoms with Gasteiger partial charge < -0.3 is 25.8 Å². The Balaban J connectivity index is 1.48. The van der Waals surface area contributed by atoms with Gasteiger partial charge in [-0.25, -0.2) is 9.59 Å². The number of aryl methyl sites for hydroxylation is 2. The largest absolute Gasteiger partial charge is 0.445 e. The van der Waals surface area contributed by atoms with Crippen LogP contribution in [-0.4, -0.2) is 36.3 Å². The number of hydrogen-bond donors (Lipinski definition) is 3. The molecule has 0 bridgehead atoms. The molecule has 39 heavy (non-hydrogen) atoms. The molecule has 8 nitrogen and oxygen atoms in total. The molecule has 2 aromatic carbocycles. The van der Waals surface area contributed by atoms with Crippen molar-refractivity contribution in [3.05, 3.63) is 70.3 Å². The summed E-state index contributed by atoms with van der Waals surface area (Å²) in [5, 5.41) is 5.46. The quantitative estimate of drug-likeness (QED) is 0.325. The molecule has 0 radical (unpaired) electrons. The number of nitrogens with one attached hydrogen (secondary N) is 2. The molecule has 0 aromatic heterocycles. The second kappa shape index (κ2) is 14.6. The van der Waals surface area contributed by atoms with E-state index in [1.165, 1.54) is 28.7 Å². The van der Waals surface area contributed by atoms with Crippen molar-refractivity contribution in [3.63, 3.8) is 0 Å². The molecule has 4 N–H and O–H groups in total. The topological polar surface area (TPSA) is 120 Å². The Hall–Kier alpha value is -3.55. The fraction of sp³-hybridized carbons (Fsp3) is 0.516. The van der Waals surface area contributed by atoms with Crippen LogP contribution in [0.2, 0.25) is 0 Å². The van der Waals surface area contributed by atoms with E-state index in [-0.39, 0.29) is 6.61 Å². The van der Waals surface area contributed by atoms with Gasteiger partial charge in [0.1, 0.15) is 18.2 Å². The highest BCUT2D eigenvalue weighted by Crippen LogP contribution is 2.29. The third-order valence-corrected chi connectivity index (χ3v) is 6.82. The van der Waals surface area contributed by atoms with Crippen LogP contribution in [0.5, 0.6) is 0 Å². The zero-order chi connectivity index (χ0) is 28.3. The van der Waals surface area contributed by atoms with Crippen molar-refractivity contribution in [1.82, 2.24) is 10.6 Å². The number of amides is 3. The fourth-order valence-corrected chi connectivity index (χ4v) is 4.93. The number of fused-ring (bicyclic) bond motifs is 1. The van der Waals surface area contributed by atoms with E-state index in [0.717, 1.165) is 44.1 Å². The van der Waals surface area contributed by atoms with Crippen LogP contribution in [0.3, 0.4) is 0 Å². The number of ether oxygens (including phenoxy) is 2. The Morgan fingerprint density at radius 3 is 2.15 bits per heavy atom. The predicted molar refractivity (Wildman–Crippen MR) is 151 cm³/mol. The molecule has 2 aromatic rings. The molecule has 1 atom stereocenters. The minimum Gasteiger partial charge on any atom is -0.445 e. The molecule has 1 aliphatic carbocycles. The van der Waals surface area contributed by atoms with Crippen LogP contribution < -0.4 is 16.4 Å². The van der Waals surface area contributed by atoms with Crippen molar-refractivity contribution in [3.8, 4) is 0 Å². The lowest BCUT2D eigenvalue weighted by molar-refractivity contribution is -0.120. The third-order valence-electron chi connectivity index (χ3n) is 6.82. The summed E-state index contributed by atoms with van der Waals surface area (Å²) in [6, 6.07) is 13.2. The molecule has 0 aliphatic heterocycles. The van der Waals surface area contributed by atoms with Gasteiger partial charge in [-0.15, -0.1) is 0 Å². The third kappa shape index (κ3) is 10.3. The highest BCUT2D eigenvalue weighted by Gasteiger charge is 2.24. The first-order valence-corrected chi connectivity index (χ1v) is 14.0. The van der Waals surface area contributed by atoms with Gasteiger partial charge in [0.2, 0.25) is 5.91 Å². The maximum atomic E-state index is 12.2. The highest BCUT2D eigenvalue weighted by atomic mass is 16.6. The Morgan fingerprint density at radius 2 is 1.54 bits per heavy atom. The lowest BCUT2D eigenvalue weighted by atomic mass is 9.82. The van der Waals surface area contributed by atoms with E-state index in [1.54, 1.807) is 20.8 Å². The summed E-state index contributed by atoms with van der Waals surface area (Å²) >= 11 is 0. The summed E-state index contributed by atoms with van der Waals surface area (Å²) < 4.78 is 10.6. The first-order chi connectivity index (χ1) is 18.6. The SMILES string of the molecule is CC(C)(C)OC(=O)N[C@@H](CCc1ccc(CCCCNC(=O)OCc2ccccc2)c2c1CCCC2)C(N)=O. The summed E-state index contributed by atoms with van der Waals surface area (Å²) in [4.78, 5) is 36.1. The van der Waals surface area contributed by atoms with Gasteiger partial charge in [-0.2, -0.15) is 0 Å². The molecule has 212 valence electrons. The van der Waals surface area contributed by atoms with Crippen LogP contribution in [0.1, 0.15) is 80.7 Å². The van der Waals surface area contributed by atoms with E-state index in [0.29, 0.717) is 19.4 Å². The van der Waals surface area contributed by atoms with Gasteiger partial charge in [0.25, 0.3) is 0 Å². The van der Waals surface area contributed by atoms with Gasteiger partial charge in [-0.3, -0.25) is 4.79 Å². The van der Waals surface area contributed by atoms with Crippen molar-refractivity contribution in [2.75, 3.05) is 6.54 Å². The molecular weight excluding hydrogens is 494 g/mol. The molecule has 3 amide bonds. The molecule has 0 saturated carbocycles. The van der Waals surface area contributed by atoms with Crippen molar-refractivity contribution in [1.29, 1.82) is 0 Å². The number of carbonyl (C=O) groups excluding carboxylic acids is 3.